The van der Waals surface area contributed by atoms with E-state index < -0.39 is 22.0 Å². The van der Waals surface area contributed by atoms with Crippen molar-refractivity contribution >= 4 is 21.8 Å². The number of rotatable bonds is 14. The number of hydrogen-bond donors (Lipinski definition) is 3. The van der Waals surface area contributed by atoms with Gasteiger partial charge in [0, 0.05) is 26.1 Å². The molecule has 0 aliphatic carbocycles. The molecule has 3 aromatic rings. The van der Waals surface area contributed by atoms with E-state index in [0.29, 0.717) is 17.7 Å². The highest BCUT2D eigenvalue weighted by Gasteiger charge is 2.31. The molecule has 0 unspecified atom stereocenters. The summed E-state index contributed by atoms with van der Waals surface area (Å²) in [5, 5.41) is 12.0. The number of aryl methyl sites for hydroxylation is 1. The number of aliphatic hydroxyl groups is 1. The quantitative estimate of drug-likeness (QED) is 0.282. The Morgan fingerprint density at radius 1 is 0.949 bits per heavy atom. The van der Waals surface area contributed by atoms with Crippen LogP contribution in [0, 0.1) is 0 Å². The zero-order valence-electron chi connectivity index (χ0n) is 22.2. The first kappa shape index (κ1) is 29.8. The van der Waals surface area contributed by atoms with Crippen molar-refractivity contribution in [2.24, 2.45) is 0 Å². The van der Waals surface area contributed by atoms with Crippen molar-refractivity contribution in [3.8, 4) is 5.75 Å². The topological polar surface area (TPSA) is 125 Å². The number of carbonyl (C=O) groups excluding carboxylic acids is 2. The molecule has 0 aliphatic rings. The van der Waals surface area contributed by atoms with Crippen LogP contribution in [0.1, 0.15) is 36.1 Å². The van der Waals surface area contributed by atoms with Gasteiger partial charge in [0.1, 0.15) is 11.8 Å². The minimum Gasteiger partial charge on any atom is -0.497 e. The van der Waals surface area contributed by atoms with E-state index in [0.717, 1.165) is 11.1 Å². The monoisotopic (exact) mass is 553 g/mol. The number of benzene rings is 3. The van der Waals surface area contributed by atoms with Crippen molar-refractivity contribution in [2.45, 2.75) is 37.2 Å². The average Bonchev–Trinajstić information content (AvgIpc) is 2.95. The maximum absolute atomic E-state index is 13.7. The Kier molecular flexibility index (Phi) is 11.0. The first-order chi connectivity index (χ1) is 18.8. The Morgan fingerprint density at radius 3 is 2.18 bits per heavy atom. The van der Waals surface area contributed by atoms with Crippen LogP contribution in [-0.4, -0.2) is 57.0 Å². The van der Waals surface area contributed by atoms with E-state index in [1.165, 1.54) is 17.0 Å². The van der Waals surface area contributed by atoms with Gasteiger partial charge in [0.25, 0.3) is 0 Å². The summed E-state index contributed by atoms with van der Waals surface area (Å²) in [5.41, 5.74) is 2.26. The largest absolute Gasteiger partial charge is 0.497 e. The van der Waals surface area contributed by atoms with Gasteiger partial charge in [0.2, 0.25) is 21.8 Å². The molecule has 9 nitrogen and oxygen atoms in total. The molecule has 2 amide bonds. The molecule has 1 atom stereocenters. The van der Waals surface area contributed by atoms with Gasteiger partial charge < -0.3 is 20.1 Å². The van der Waals surface area contributed by atoms with Gasteiger partial charge in [-0.25, -0.2) is 13.1 Å². The molecule has 0 saturated carbocycles. The Labute approximate surface area is 229 Å². The highest BCUT2D eigenvalue weighted by molar-refractivity contribution is 7.89. The van der Waals surface area contributed by atoms with E-state index in [1.54, 1.807) is 62.6 Å². The lowest BCUT2D eigenvalue weighted by molar-refractivity contribution is -0.141. The van der Waals surface area contributed by atoms with Crippen LogP contribution >= 0.6 is 0 Å². The van der Waals surface area contributed by atoms with Crippen LogP contribution in [0.15, 0.2) is 83.8 Å². The second kappa shape index (κ2) is 14.4. The lowest BCUT2D eigenvalue weighted by Gasteiger charge is -2.32. The third-order valence-electron chi connectivity index (χ3n) is 6.11. The molecule has 39 heavy (non-hydrogen) atoms. The molecule has 208 valence electrons. The Hall–Kier alpha value is -3.73. The fraction of sp³-hybridized carbons (Fsp3) is 0.310. The highest BCUT2D eigenvalue weighted by atomic mass is 32.2. The molecule has 0 saturated heterocycles. The van der Waals surface area contributed by atoms with Crippen molar-refractivity contribution in [2.75, 3.05) is 26.8 Å². The van der Waals surface area contributed by atoms with Crippen molar-refractivity contribution in [3.63, 3.8) is 0 Å². The minimum atomic E-state index is -3.57. The van der Waals surface area contributed by atoms with E-state index in [4.69, 9.17) is 4.74 Å². The maximum atomic E-state index is 13.7. The molecule has 3 N–H and O–H groups in total. The first-order valence-corrected chi connectivity index (χ1v) is 14.2. The molecule has 0 radical (unpaired) electrons. The lowest BCUT2D eigenvalue weighted by Crippen LogP contribution is -2.44. The number of sulfonamides is 1. The van der Waals surface area contributed by atoms with Gasteiger partial charge in [0.05, 0.1) is 18.6 Å². The smallest absolute Gasteiger partial charge is 0.247 e. The summed E-state index contributed by atoms with van der Waals surface area (Å²) < 4.78 is 32.2. The summed E-state index contributed by atoms with van der Waals surface area (Å²) in [4.78, 5) is 28.7. The fourth-order valence-corrected chi connectivity index (χ4v) is 5.18. The number of methoxy groups -OCH3 is 1. The second-order valence-corrected chi connectivity index (χ2v) is 10.6. The SMILES string of the molecule is CCNS(=O)(=O)c1ccc(CCC(=O)N(Cc2ccc(OC)cc2)[C@H](C(=O)NCCO)c2ccccc2)cc1. The molecule has 3 aromatic carbocycles. The predicted molar refractivity (Wildman–Crippen MR) is 148 cm³/mol. The van der Waals surface area contributed by atoms with Crippen LogP contribution in [0.4, 0.5) is 0 Å². The molecule has 0 fully saturated rings. The van der Waals surface area contributed by atoms with E-state index >= 15 is 0 Å². The van der Waals surface area contributed by atoms with Gasteiger partial charge in [-0.15, -0.1) is 0 Å². The molecule has 0 aliphatic heterocycles. The van der Waals surface area contributed by atoms with E-state index in [-0.39, 0.29) is 43.5 Å². The van der Waals surface area contributed by atoms with Crippen molar-refractivity contribution in [1.82, 2.24) is 14.9 Å². The molecule has 0 spiro atoms. The van der Waals surface area contributed by atoms with Crippen LogP contribution < -0.4 is 14.8 Å². The predicted octanol–water partition coefficient (Wildman–Crippen LogP) is 2.80. The summed E-state index contributed by atoms with van der Waals surface area (Å²) in [6.07, 6.45) is 0.464. The van der Waals surface area contributed by atoms with Crippen molar-refractivity contribution < 1.29 is 27.9 Å². The Balaban J connectivity index is 1.88. The number of nitrogens with one attached hydrogen (secondary N) is 2. The van der Waals surface area contributed by atoms with Crippen LogP contribution in [-0.2, 0) is 32.6 Å². The van der Waals surface area contributed by atoms with Crippen molar-refractivity contribution in [3.05, 3.63) is 95.6 Å². The number of aliphatic hydroxyl groups excluding tert-OH is 1. The van der Waals surface area contributed by atoms with Gasteiger partial charge >= 0.3 is 0 Å². The Morgan fingerprint density at radius 2 is 1.59 bits per heavy atom. The summed E-state index contributed by atoms with van der Waals surface area (Å²) in [5.74, 6) is 0.0368. The highest BCUT2D eigenvalue weighted by Crippen LogP contribution is 2.26. The number of nitrogens with zero attached hydrogens (tertiary/aromatic N) is 1. The number of amides is 2. The van der Waals surface area contributed by atoms with Gasteiger partial charge in [-0.2, -0.15) is 0 Å². The number of hydrogen-bond acceptors (Lipinski definition) is 6. The summed E-state index contributed by atoms with van der Waals surface area (Å²) in [6, 6.07) is 21.8. The van der Waals surface area contributed by atoms with E-state index in [9.17, 15) is 23.1 Å². The molecule has 0 bridgehead atoms. The standard InChI is InChI=1S/C29H35N3O6S/c1-3-31-39(36,37)26-16-11-22(12-17-26)13-18-27(34)32(21-23-9-14-25(38-2)15-10-23)28(29(35)30-19-20-33)24-7-5-4-6-8-24/h4-12,14-17,28,31,33H,3,13,18-21H2,1-2H3,(H,30,35)/t28-/m0/s1. The lowest BCUT2D eigenvalue weighted by atomic mass is 10.0. The second-order valence-electron chi connectivity index (χ2n) is 8.84. The van der Waals surface area contributed by atoms with Crippen LogP contribution in [0.3, 0.4) is 0 Å². The number of ether oxygens (including phenoxy) is 1. The molecule has 0 aromatic heterocycles. The minimum absolute atomic E-state index is 0.0644. The van der Waals surface area contributed by atoms with Crippen LogP contribution in [0.5, 0.6) is 5.75 Å². The third kappa shape index (κ3) is 8.38. The van der Waals surface area contributed by atoms with E-state index in [2.05, 4.69) is 10.0 Å². The molecule has 10 heteroatoms. The fourth-order valence-electron chi connectivity index (χ4n) is 4.14. The van der Waals surface area contributed by atoms with Gasteiger partial charge in [-0.1, -0.05) is 61.5 Å². The van der Waals surface area contributed by atoms with Crippen molar-refractivity contribution in [1.29, 1.82) is 0 Å². The summed E-state index contributed by atoms with van der Waals surface area (Å²) in [7, 11) is -1.99. The van der Waals surface area contributed by atoms with Crippen LogP contribution in [0.25, 0.3) is 0 Å². The summed E-state index contributed by atoms with van der Waals surface area (Å²) in [6.45, 7) is 2.02. The maximum Gasteiger partial charge on any atom is 0.247 e. The molecular formula is C29H35N3O6S. The van der Waals surface area contributed by atoms with Gasteiger partial charge in [-0.05, 0) is 47.4 Å². The van der Waals surface area contributed by atoms with E-state index in [1.807, 2.05) is 18.2 Å². The van der Waals surface area contributed by atoms with Gasteiger partial charge in [0.15, 0.2) is 0 Å². The molecule has 0 heterocycles. The normalized spacial score (nSPS) is 12.0. The summed E-state index contributed by atoms with van der Waals surface area (Å²) >= 11 is 0. The zero-order valence-corrected chi connectivity index (χ0v) is 23.0. The average molecular weight is 554 g/mol. The number of carbonyl (C=O) groups is 2. The third-order valence-corrected chi connectivity index (χ3v) is 7.68. The molecular weight excluding hydrogens is 518 g/mol. The molecule has 3 rings (SSSR count). The van der Waals surface area contributed by atoms with Gasteiger partial charge in [-0.3, -0.25) is 9.59 Å². The first-order valence-electron chi connectivity index (χ1n) is 12.7. The zero-order chi connectivity index (χ0) is 28.3. The van der Waals surface area contributed by atoms with Crippen LogP contribution in [0.2, 0.25) is 0 Å². The Bertz CT molecular complexity index is 1310.